The number of nitrogens with zero attached hydrogens (tertiary/aromatic N) is 1. The van der Waals surface area contributed by atoms with Crippen molar-refractivity contribution in [3.63, 3.8) is 0 Å². The van der Waals surface area contributed by atoms with Gasteiger partial charge in [-0.15, -0.1) is 0 Å². The Bertz CT molecular complexity index is 1130. The number of unbranched alkanes of at least 4 members (excludes halogenated alkanes) is 1. The monoisotopic (exact) mass is 476 g/mol. The molecule has 1 heterocycles. The van der Waals surface area contributed by atoms with E-state index in [1.165, 1.54) is 0 Å². The Labute approximate surface area is 208 Å². The van der Waals surface area contributed by atoms with E-state index in [2.05, 4.69) is 44.1 Å². The van der Waals surface area contributed by atoms with Gasteiger partial charge in [-0.2, -0.15) is 0 Å². The van der Waals surface area contributed by atoms with E-state index in [0.29, 0.717) is 24.6 Å². The molecule has 0 spiro atoms. The summed E-state index contributed by atoms with van der Waals surface area (Å²) in [6.07, 6.45) is 3.78. The second-order valence-corrected chi connectivity index (χ2v) is 9.43. The summed E-state index contributed by atoms with van der Waals surface area (Å²) in [6.45, 7) is 9.56. The maximum absolute atomic E-state index is 12.9. The summed E-state index contributed by atoms with van der Waals surface area (Å²) in [6, 6.07) is 15.2. The largest absolute Gasteiger partial charge is 0.496 e. The summed E-state index contributed by atoms with van der Waals surface area (Å²) in [7, 11) is 3.28. The van der Waals surface area contributed by atoms with Crippen molar-refractivity contribution in [2.24, 2.45) is 0 Å². The standard InChI is InChI=1S/C29H36N2O4/c1-7-8-16-35-22-13-11-20(12-14-22)27(32)31-19-21-17-26(33-5)25(29(2,3)4)18-24(21)23-10-9-15-30-28(23)34-6/h9-15,17-18H,7-8,16,19H2,1-6H3,(H,31,32). The fourth-order valence-electron chi connectivity index (χ4n) is 3.85. The number of carbonyl (C=O) groups is 1. The Morgan fingerprint density at radius 1 is 1.00 bits per heavy atom. The molecule has 1 aromatic heterocycles. The van der Waals surface area contributed by atoms with Crippen molar-refractivity contribution < 1.29 is 19.0 Å². The number of amides is 1. The molecule has 0 atom stereocenters. The van der Waals surface area contributed by atoms with Gasteiger partial charge in [0.15, 0.2) is 0 Å². The van der Waals surface area contributed by atoms with E-state index >= 15 is 0 Å². The molecular weight excluding hydrogens is 440 g/mol. The van der Waals surface area contributed by atoms with Crippen LogP contribution in [0, 0.1) is 0 Å². The molecule has 3 rings (SSSR count). The predicted octanol–water partition coefficient (Wildman–Crippen LogP) is 6.17. The SMILES string of the molecule is CCCCOc1ccc(C(=O)NCc2cc(OC)c(C(C)(C)C)cc2-c2cccnc2OC)cc1. The molecule has 6 nitrogen and oxygen atoms in total. The van der Waals surface area contributed by atoms with Crippen LogP contribution in [0.1, 0.15) is 62.0 Å². The lowest BCUT2D eigenvalue weighted by molar-refractivity contribution is 0.0951. The molecule has 0 bridgehead atoms. The van der Waals surface area contributed by atoms with Gasteiger partial charge in [0.2, 0.25) is 5.88 Å². The van der Waals surface area contributed by atoms with Crippen LogP contribution in [0.2, 0.25) is 0 Å². The fourth-order valence-corrected chi connectivity index (χ4v) is 3.85. The first-order chi connectivity index (χ1) is 16.8. The molecule has 0 unspecified atom stereocenters. The first-order valence-corrected chi connectivity index (χ1v) is 12.0. The minimum Gasteiger partial charge on any atom is -0.496 e. The van der Waals surface area contributed by atoms with Crippen molar-refractivity contribution >= 4 is 5.91 Å². The number of ether oxygens (including phenoxy) is 3. The molecule has 0 saturated heterocycles. The summed E-state index contributed by atoms with van der Waals surface area (Å²) in [5, 5.41) is 3.05. The predicted molar refractivity (Wildman–Crippen MR) is 139 cm³/mol. The minimum atomic E-state index is -0.159. The molecule has 0 fully saturated rings. The molecule has 1 amide bonds. The third kappa shape index (κ3) is 6.53. The van der Waals surface area contributed by atoms with Gasteiger partial charge in [-0.1, -0.05) is 34.1 Å². The van der Waals surface area contributed by atoms with E-state index in [1.807, 2.05) is 30.3 Å². The van der Waals surface area contributed by atoms with Crippen LogP contribution >= 0.6 is 0 Å². The van der Waals surface area contributed by atoms with Crippen LogP contribution in [0.4, 0.5) is 0 Å². The van der Waals surface area contributed by atoms with E-state index in [9.17, 15) is 4.79 Å². The normalized spacial score (nSPS) is 11.1. The Hall–Kier alpha value is -3.54. The van der Waals surface area contributed by atoms with Crippen LogP contribution < -0.4 is 19.5 Å². The van der Waals surface area contributed by atoms with Crippen molar-refractivity contribution in [3.8, 4) is 28.5 Å². The number of carbonyl (C=O) groups excluding carboxylic acids is 1. The first kappa shape index (κ1) is 26.1. The molecule has 186 valence electrons. The lowest BCUT2D eigenvalue weighted by Crippen LogP contribution is -2.23. The maximum Gasteiger partial charge on any atom is 0.251 e. The highest BCUT2D eigenvalue weighted by Gasteiger charge is 2.23. The molecule has 35 heavy (non-hydrogen) atoms. The number of hydrogen-bond donors (Lipinski definition) is 1. The van der Waals surface area contributed by atoms with Gasteiger partial charge in [-0.25, -0.2) is 4.98 Å². The number of methoxy groups -OCH3 is 2. The average Bonchev–Trinajstić information content (AvgIpc) is 2.86. The molecule has 1 N–H and O–H groups in total. The van der Waals surface area contributed by atoms with Gasteiger partial charge in [-0.05, 0) is 71.5 Å². The average molecular weight is 477 g/mol. The molecule has 0 aliphatic heterocycles. The van der Waals surface area contributed by atoms with E-state index in [1.54, 1.807) is 32.5 Å². The van der Waals surface area contributed by atoms with Gasteiger partial charge in [0.1, 0.15) is 11.5 Å². The molecule has 6 heteroatoms. The highest BCUT2D eigenvalue weighted by Crippen LogP contribution is 2.39. The van der Waals surface area contributed by atoms with Crippen molar-refractivity contribution in [1.29, 1.82) is 0 Å². The topological polar surface area (TPSA) is 69.7 Å². The number of nitrogens with one attached hydrogen (secondary N) is 1. The molecule has 0 aliphatic carbocycles. The van der Waals surface area contributed by atoms with Gasteiger partial charge >= 0.3 is 0 Å². The molecule has 3 aromatic rings. The summed E-state index contributed by atoms with van der Waals surface area (Å²) in [5.41, 5.74) is 4.22. The lowest BCUT2D eigenvalue weighted by atomic mass is 9.83. The quantitative estimate of drug-likeness (QED) is 0.354. The van der Waals surface area contributed by atoms with Gasteiger partial charge < -0.3 is 19.5 Å². The molecule has 0 saturated carbocycles. The number of rotatable bonds is 10. The van der Waals surface area contributed by atoms with Crippen molar-refractivity contribution in [1.82, 2.24) is 10.3 Å². The smallest absolute Gasteiger partial charge is 0.251 e. The van der Waals surface area contributed by atoms with Crippen LogP contribution in [0.25, 0.3) is 11.1 Å². The molecular formula is C29H36N2O4. The minimum absolute atomic E-state index is 0.141. The van der Waals surface area contributed by atoms with E-state index in [4.69, 9.17) is 14.2 Å². The van der Waals surface area contributed by atoms with Crippen LogP contribution in [0.5, 0.6) is 17.4 Å². The van der Waals surface area contributed by atoms with Gasteiger partial charge in [0.25, 0.3) is 5.91 Å². The van der Waals surface area contributed by atoms with Gasteiger partial charge in [0.05, 0.1) is 20.8 Å². The van der Waals surface area contributed by atoms with Gasteiger partial charge in [0, 0.05) is 29.4 Å². The Kier molecular flexibility index (Phi) is 8.74. The summed E-state index contributed by atoms with van der Waals surface area (Å²) in [5.74, 6) is 1.92. The van der Waals surface area contributed by atoms with E-state index in [0.717, 1.165) is 46.6 Å². The van der Waals surface area contributed by atoms with Crippen LogP contribution in [0.3, 0.4) is 0 Å². The number of benzene rings is 2. The summed E-state index contributed by atoms with van der Waals surface area (Å²) in [4.78, 5) is 17.3. The van der Waals surface area contributed by atoms with E-state index in [-0.39, 0.29) is 11.3 Å². The second-order valence-electron chi connectivity index (χ2n) is 9.43. The Balaban J connectivity index is 1.90. The third-order valence-corrected chi connectivity index (χ3v) is 5.81. The highest BCUT2D eigenvalue weighted by molar-refractivity contribution is 5.94. The van der Waals surface area contributed by atoms with Crippen molar-refractivity contribution in [2.45, 2.75) is 52.5 Å². The number of pyridine rings is 1. The van der Waals surface area contributed by atoms with Crippen LogP contribution in [0.15, 0.2) is 54.7 Å². The maximum atomic E-state index is 12.9. The number of hydrogen-bond acceptors (Lipinski definition) is 5. The summed E-state index contributed by atoms with van der Waals surface area (Å²) >= 11 is 0. The highest BCUT2D eigenvalue weighted by atomic mass is 16.5. The van der Waals surface area contributed by atoms with Crippen molar-refractivity contribution in [3.05, 3.63) is 71.4 Å². The second kappa shape index (κ2) is 11.7. The molecule has 2 aromatic carbocycles. The lowest BCUT2D eigenvalue weighted by Gasteiger charge is -2.25. The van der Waals surface area contributed by atoms with Gasteiger partial charge in [-0.3, -0.25) is 4.79 Å². The fraction of sp³-hybridized carbons (Fsp3) is 0.379. The zero-order valence-corrected chi connectivity index (χ0v) is 21.6. The van der Waals surface area contributed by atoms with Crippen LogP contribution in [-0.2, 0) is 12.0 Å². The van der Waals surface area contributed by atoms with Crippen LogP contribution in [-0.4, -0.2) is 31.7 Å². The Morgan fingerprint density at radius 2 is 1.74 bits per heavy atom. The molecule has 0 aliphatic rings. The molecule has 0 radical (unpaired) electrons. The Morgan fingerprint density at radius 3 is 2.37 bits per heavy atom. The van der Waals surface area contributed by atoms with E-state index < -0.39 is 0 Å². The third-order valence-electron chi connectivity index (χ3n) is 5.81. The summed E-state index contributed by atoms with van der Waals surface area (Å²) < 4.78 is 17.0. The number of aromatic nitrogens is 1. The zero-order chi connectivity index (χ0) is 25.4. The van der Waals surface area contributed by atoms with Crippen molar-refractivity contribution in [2.75, 3.05) is 20.8 Å². The zero-order valence-electron chi connectivity index (χ0n) is 21.6. The first-order valence-electron chi connectivity index (χ1n) is 12.0.